The van der Waals surface area contributed by atoms with Gasteiger partial charge in [-0.3, -0.25) is 4.90 Å². The van der Waals surface area contributed by atoms with Crippen LogP contribution >= 0.6 is 12.4 Å². The maximum Gasteiger partial charge on any atom is 0.416 e. The molecule has 0 saturated carbocycles. The summed E-state index contributed by atoms with van der Waals surface area (Å²) in [5, 5.41) is 0. The number of fused-ring (bicyclic) bond motifs is 1. The highest BCUT2D eigenvalue weighted by molar-refractivity contribution is 5.85. The lowest BCUT2D eigenvalue weighted by Gasteiger charge is -2.32. The Morgan fingerprint density at radius 1 is 1.07 bits per heavy atom. The van der Waals surface area contributed by atoms with E-state index in [0.29, 0.717) is 22.6 Å². The van der Waals surface area contributed by atoms with E-state index in [1.165, 1.54) is 12.1 Å². The number of ether oxygens (including phenoxy) is 2. The predicted molar refractivity (Wildman–Crippen MR) is 111 cm³/mol. The highest BCUT2D eigenvalue weighted by atomic mass is 35.5. The van der Waals surface area contributed by atoms with Crippen LogP contribution < -0.4 is 9.47 Å². The van der Waals surface area contributed by atoms with E-state index in [1.54, 1.807) is 12.1 Å². The standard InChI is InChI=1S/C22H24F3NO2.ClH/c1-14(26(4)5)27-17-9-10-18-19(13-21(2,3)28-20(18)12-17)15-7-6-8-16(11-15)22(23,24)25;/h6-14H,1-5H3;1H. The Kier molecular flexibility index (Phi) is 6.60. The minimum atomic E-state index is -4.39. The van der Waals surface area contributed by atoms with Crippen molar-refractivity contribution in [2.75, 3.05) is 14.1 Å². The summed E-state index contributed by atoms with van der Waals surface area (Å²) >= 11 is 0. The Morgan fingerprint density at radius 3 is 2.38 bits per heavy atom. The summed E-state index contributed by atoms with van der Waals surface area (Å²) in [5.41, 5.74) is 0.620. The Labute approximate surface area is 175 Å². The van der Waals surface area contributed by atoms with Crippen LogP contribution in [0.4, 0.5) is 13.2 Å². The normalized spacial score (nSPS) is 16.2. The first kappa shape index (κ1) is 23.1. The van der Waals surface area contributed by atoms with Gasteiger partial charge in [-0.25, -0.2) is 0 Å². The predicted octanol–water partition coefficient (Wildman–Crippen LogP) is 6.02. The number of benzene rings is 2. The van der Waals surface area contributed by atoms with Crippen molar-refractivity contribution in [1.82, 2.24) is 4.90 Å². The van der Waals surface area contributed by atoms with Crippen molar-refractivity contribution >= 4 is 18.0 Å². The second kappa shape index (κ2) is 8.28. The van der Waals surface area contributed by atoms with E-state index in [4.69, 9.17) is 9.47 Å². The van der Waals surface area contributed by atoms with Crippen LogP contribution in [0.2, 0.25) is 0 Å². The zero-order valence-electron chi connectivity index (χ0n) is 17.0. The van der Waals surface area contributed by atoms with Gasteiger partial charge in [0.25, 0.3) is 0 Å². The Morgan fingerprint density at radius 2 is 1.76 bits per heavy atom. The van der Waals surface area contributed by atoms with Gasteiger partial charge in [0, 0.05) is 11.6 Å². The summed E-state index contributed by atoms with van der Waals surface area (Å²) in [6.45, 7) is 5.68. The molecule has 0 amide bonds. The molecule has 0 N–H and O–H groups in total. The van der Waals surface area contributed by atoms with Crippen molar-refractivity contribution in [1.29, 1.82) is 0 Å². The molecule has 0 radical (unpaired) electrons. The smallest absolute Gasteiger partial charge is 0.416 e. The van der Waals surface area contributed by atoms with Crippen LogP contribution in [0.15, 0.2) is 48.5 Å². The molecule has 1 unspecified atom stereocenters. The zero-order valence-corrected chi connectivity index (χ0v) is 17.8. The summed E-state index contributed by atoms with van der Waals surface area (Å²) in [5.74, 6) is 1.23. The second-order valence-corrected chi connectivity index (χ2v) is 7.68. The van der Waals surface area contributed by atoms with E-state index in [9.17, 15) is 13.2 Å². The average Bonchev–Trinajstić information content (AvgIpc) is 2.59. The van der Waals surface area contributed by atoms with Gasteiger partial charge < -0.3 is 9.47 Å². The molecule has 1 atom stereocenters. The van der Waals surface area contributed by atoms with Crippen LogP contribution in [0.5, 0.6) is 11.5 Å². The van der Waals surface area contributed by atoms with E-state index in [-0.39, 0.29) is 18.6 Å². The highest BCUT2D eigenvalue weighted by Crippen LogP contribution is 2.42. The number of alkyl halides is 3. The molecular formula is C22H25ClF3NO2. The van der Waals surface area contributed by atoms with Crippen LogP contribution in [-0.2, 0) is 6.18 Å². The molecule has 3 nitrogen and oxygen atoms in total. The van der Waals surface area contributed by atoms with E-state index >= 15 is 0 Å². The molecule has 0 bridgehead atoms. The topological polar surface area (TPSA) is 21.7 Å². The van der Waals surface area contributed by atoms with Gasteiger partial charge in [-0.1, -0.05) is 12.1 Å². The number of rotatable bonds is 4. The lowest BCUT2D eigenvalue weighted by Crippen LogP contribution is -2.31. The molecule has 2 aromatic carbocycles. The quantitative estimate of drug-likeness (QED) is 0.557. The molecule has 0 saturated heterocycles. The lowest BCUT2D eigenvalue weighted by atomic mass is 9.89. The largest absolute Gasteiger partial charge is 0.483 e. The molecule has 1 heterocycles. The van der Waals surface area contributed by atoms with Gasteiger partial charge in [-0.15, -0.1) is 12.4 Å². The molecule has 0 aliphatic carbocycles. The molecule has 2 aromatic rings. The molecule has 0 fully saturated rings. The van der Waals surface area contributed by atoms with Crippen LogP contribution in [0.1, 0.15) is 37.5 Å². The maximum absolute atomic E-state index is 13.2. The fraction of sp³-hybridized carbons (Fsp3) is 0.364. The molecule has 3 rings (SSSR count). The third kappa shape index (κ3) is 5.25. The molecule has 1 aliphatic rings. The van der Waals surface area contributed by atoms with E-state index in [0.717, 1.165) is 11.6 Å². The van der Waals surface area contributed by atoms with Gasteiger partial charge in [-0.2, -0.15) is 13.2 Å². The van der Waals surface area contributed by atoms with E-state index < -0.39 is 17.3 Å². The molecule has 158 valence electrons. The molecule has 0 spiro atoms. The highest BCUT2D eigenvalue weighted by Gasteiger charge is 2.32. The molecule has 29 heavy (non-hydrogen) atoms. The first-order valence-electron chi connectivity index (χ1n) is 9.03. The van der Waals surface area contributed by atoms with Crippen LogP contribution in [-0.4, -0.2) is 30.8 Å². The van der Waals surface area contributed by atoms with Gasteiger partial charge in [-0.05, 0) is 76.3 Å². The first-order valence-corrected chi connectivity index (χ1v) is 9.03. The minimum absolute atomic E-state index is 0. The monoisotopic (exact) mass is 427 g/mol. The van der Waals surface area contributed by atoms with Gasteiger partial charge in [0.1, 0.15) is 23.3 Å². The molecule has 7 heteroatoms. The zero-order chi connectivity index (χ0) is 20.7. The van der Waals surface area contributed by atoms with E-state index in [2.05, 4.69) is 0 Å². The Hall–Kier alpha value is -2.18. The first-order chi connectivity index (χ1) is 13.0. The van der Waals surface area contributed by atoms with E-state index in [1.807, 2.05) is 58.0 Å². The Balaban J connectivity index is 0.00000300. The van der Waals surface area contributed by atoms with Crippen molar-refractivity contribution in [2.24, 2.45) is 0 Å². The summed E-state index contributed by atoms with van der Waals surface area (Å²) in [6.07, 6.45) is -2.67. The number of halogens is 4. The van der Waals surface area contributed by atoms with Crippen LogP contribution in [0, 0.1) is 0 Å². The van der Waals surface area contributed by atoms with Crippen molar-refractivity contribution in [3.8, 4) is 11.5 Å². The van der Waals surface area contributed by atoms with Gasteiger partial charge in [0.05, 0.1) is 5.56 Å². The van der Waals surface area contributed by atoms with Crippen molar-refractivity contribution in [2.45, 2.75) is 38.8 Å². The third-order valence-electron chi connectivity index (χ3n) is 4.64. The number of nitrogens with zero attached hydrogens (tertiary/aromatic N) is 1. The summed E-state index contributed by atoms with van der Waals surface area (Å²) in [6, 6.07) is 10.8. The Bertz CT molecular complexity index is 907. The lowest BCUT2D eigenvalue weighted by molar-refractivity contribution is -0.137. The second-order valence-electron chi connectivity index (χ2n) is 7.68. The van der Waals surface area contributed by atoms with Crippen molar-refractivity contribution < 1.29 is 22.6 Å². The number of hydrogen-bond donors (Lipinski definition) is 0. The fourth-order valence-electron chi connectivity index (χ4n) is 3.03. The van der Waals surface area contributed by atoms with Crippen LogP contribution in [0.3, 0.4) is 0 Å². The average molecular weight is 428 g/mol. The van der Waals surface area contributed by atoms with Crippen LogP contribution in [0.25, 0.3) is 5.57 Å². The molecular weight excluding hydrogens is 403 g/mol. The summed E-state index contributed by atoms with van der Waals surface area (Å²) in [7, 11) is 3.83. The van der Waals surface area contributed by atoms with Crippen molar-refractivity contribution in [3.05, 3.63) is 65.2 Å². The summed E-state index contributed by atoms with van der Waals surface area (Å²) < 4.78 is 51.4. The van der Waals surface area contributed by atoms with Gasteiger partial charge in [0.15, 0.2) is 0 Å². The SMILES string of the molecule is CC(Oc1ccc2c(c1)OC(C)(C)C=C2c1cccc(C(F)(F)F)c1)N(C)C.Cl. The molecule has 0 aromatic heterocycles. The van der Waals surface area contributed by atoms with Gasteiger partial charge in [0.2, 0.25) is 0 Å². The van der Waals surface area contributed by atoms with Gasteiger partial charge >= 0.3 is 6.18 Å². The number of hydrogen-bond acceptors (Lipinski definition) is 3. The van der Waals surface area contributed by atoms with Crippen molar-refractivity contribution in [3.63, 3.8) is 0 Å². The minimum Gasteiger partial charge on any atom is -0.483 e. The fourth-order valence-corrected chi connectivity index (χ4v) is 3.03. The summed E-state index contributed by atoms with van der Waals surface area (Å²) in [4.78, 5) is 1.93. The maximum atomic E-state index is 13.2. The third-order valence-corrected chi connectivity index (χ3v) is 4.64. The molecule has 1 aliphatic heterocycles.